The molecule has 1 aromatic heterocycles. The topological polar surface area (TPSA) is 107 Å². The molecule has 0 aliphatic carbocycles. The molecule has 0 saturated carbocycles. The molecule has 1 aromatic carbocycles. The lowest BCUT2D eigenvalue weighted by molar-refractivity contribution is -0.142. The number of nitrogens with zero attached hydrogens (tertiary/aromatic N) is 4. The number of carboxylic acid groups (broad SMARTS) is 1. The Morgan fingerprint density at radius 1 is 1.29 bits per heavy atom. The molecule has 0 bridgehead atoms. The Morgan fingerprint density at radius 3 is 2.74 bits per heavy atom. The average molecular weight is 606 g/mol. The number of ether oxygens (including phenoxy) is 1. The predicted molar refractivity (Wildman–Crippen MR) is 151 cm³/mol. The maximum Gasteiger partial charge on any atom is 0.338 e. The van der Waals surface area contributed by atoms with E-state index in [9.17, 15) is 19.1 Å². The van der Waals surface area contributed by atoms with Gasteiger partial charge in [-0.05, 0) is 37.5 Å². The molecular formula is C29H34F3N5O4S. The third kappa shape index (κ3) is 5.82. The van der Waals surface area contributed by atoms with Gasteiger partial charge in [0.15, 0.2) is 10.8 Å². The number of carboxylic acids is 1. The molecule has 42 heavy (non-hydrogen) atoms. The Hall–Kier alpha value is -3.29. The maximum atomic E-state index is 15.4. The molecule has 226 valence electrons. The van der Waals surface area contributed by atoms with Gasteiger partial charge in [0.1, 0.15) is 11.9 Å². The largest absolute Gasteiger partial charge is 0.481 e. The van der Waals surface area contributed by atoms with Crippen LogP contribution in [0, 0.1) is 24.6 Å². The lowest BCUT2D eigenvalue weighted by atomic mass is 9.92. The molecule has 3 aliphatic heterocycles. The quantitative estimate of drug-likeness (QED) is 0.394. The number of aliphatic carboxylic acids is 1. The SMILES string of the molecule is CCOC(=O)C1=C(CN2CC(F)(F)C3CN(CC(CC)C(=O)O)CC32)NC(c2nccs2)=NC1c1cccc(F)c1C. The monoisotopic (exact) mass is 605 g/mol. The molecule has 4 unspecified atom stereocenters. The summed E-state index contributed by atoms with van der Waals surface area (Å²) in [5.74, 6) is -6.34. The summed E-state index contributed by atoms with van der Waals surface area (Å²) >= 11 is 1.32. The van der Waals surface area contributed by atoms with Crippen molar-refractivity contribution < 1.29 is 32.6 Å². The maximum absolute atomic E-state index is 15.4. The van der Waals surface area contributed by atoms with E-state index >= 15 is 8.78 Å². The number of thiazole rings is 1. The van der Waals surface area contributed by atoms with Crippen molar-refractivity contribution >= 4 is 29.1 Å². The number of benzene rings is 1. The normalized spacial score (nSPS) is 24.7. The van der Waals surface area contributed by atoms with E-state index < -0.39 is 54.1 Å². The first-order valence-electron chi connectivity index (χ1n) is 14.0. The number of carbonyl (C=O) groups is 2. The van der Waals surface area contributed by atoms with E-state index in [1.165, 1.54) is 17.4 Å². The smallest absolute Gasteiger partial charge is 0.338 e. The lowest BCUT2D eigenvalue weighted by Crippen LogP contribution is -2.43. The molecule has 0 spiro atoms. The Balaban J connectivity index is 1.53. The van der Waals surface area contributed by atoms with Crippen LogP contribution in [-0.4, -0.2) is 89.0 Å². The van der Waals surface area contributed by atoms with Crippen LogP contribution in [0.15, 0.2) is 46.0 Å². The number of nitrogens with one attached hydrogen (secondary N) is 1. The van der Waals surface area contributed by atoms with Gasteiger partial charge in [-0.3, -0.25) is 14.7 Å². The lowest BCUT2D eigenvalue weighted by Gasteiger charge is -2.32. The first-order valence-corrected chi connectivity index (χ1v) is 14.9. The van der Waals surface area contributed by atoms with Crippen molar-refractivity contribution in [2.45, 2.75) is 45.2 Å². The van der Waals surface area contributed by atoms with Crippen LogP contribution in [0.3, 0.4) is 0 Å². The zero-order valence-electron chi connectivity index (χ0n) is 23.6. The predicted octanol–water partition coefficient (Wildman–Crippen LogP) is 3.86. The van der Waals surface area contributed by atoms with Gasteiger partial charge >= 0.3 is 11.9 Å². The van der Waals surface area contributed by atoms with Gasteiger partial charge in [-0.2, -0.15) is 0 Å². The van der Waals surface area contributed by atoms with Crippen LogP contribution in [0.25, 0.3) is 0 Å². The number of amidine groups is 1. The molecule has 2 saturated heterocycles. The van der Waals surface area contributed by atoms with Crippen molar-refractivity contribution in [3.8, 4) is 0 Å². The summed E-state index contributed by atoms with van der Waals surface area (Å²) in [5.41, 5.74) is 1.25. The van der Waals surface area contributed by atoms with Crippen LogP contribution in [0.4, 0.5) is 13.2 Å². The van der Waals surface area contributed by atoms with Crippen LogP contribution in [0.5, 0.6) is 0 Å². The Bertz CT molecular complexity index is 1400. The molecule has 9 nitrogen and oxygen atoms in total. The number of aliphatic imine (C=N–C) groups is 1. The Kier molecular flexibility index (Phi) is 8.72. The second kappa shape index (κ2) is 12.1. The standard InChI is InChI=1S/C29H34F3N5O4S/c1-4-17(27(38)39)11-36-12-19-22(14-36)37(15-29(19,31)32)13-21-23(28(40)41-5-2)24(18-7-6-8-20(30)16(18)3)35-25(34-21)26-33-9-10-42-26/h6-10,17,19,22,24H,4-5,11-15H2,1-3H3,(H,34,35)(H,38,39). The summed E-state index contributed by atoms with van der Waals surface area (Å²) in [5, 5.41) is 15.0. The Morgan fingerprint density at radius 2 is 2.07 bits per heavy atom. The molecule has 0 radical (unpaired) electrons. The fraction of sp³-hybridized carbons (Fsp3) is 0.517. The van der Waals surface area contributed by atoms with Crippen molar-refractivity contribution in [2.75, 3.05) is 39.3 Å². The number of hydrogen-bond acceptors (Lipinski definition) is 9. The number of carbonyl (C=O) groups excluding carboxylic acids is 1. The minimum Gasteiger partial charge on any atom is -0.481 e. The third-order valence-corrected chi connectivity index (χ3v) is 9.11. The van der Waals surface area contributed by atoms with Gasteiger partial charge in [0, 0.05) is 49.5 Å². The summed E-state index contributed by atoms with van der Waals surface area (Å²) < 4.78 is 50.9. The minimum absolute atomic E-state index is 0.0376. The van der Waals surface area contributed by atoms with Crippen LogP contribution < -0.4 is 5.32 Å². The van der Waals surface area contributed by atoms with Crippen LogP contribution in [-0.2, 0) is 14.3 Å². The number of hydrogen-bond donors (Lipinski definition) is 2. The number of fused-ring (bicyclic) bond motifs is 1. The molecule has 5 rings (SSSR count). The zero-order valence-corrected chi connectivity index (χ0v) is 24.5. The van der Waals surface area contributed by atoms with E-state index in [4.69, 9.17) is 9.73 Å². The second-order valence-electron chi connectivity index (χ2n) is 10.9. The fourth-order valence-electron chi connectivity index (χ4n) is 6.14. The third-order valence-electron chi connectivity index (χ3n) is 8.33. The van der Waals surface area contributed by atoms with Crippen molar-refractivity contribution in [2.24, 2.45) is 16.8 Å². The molecule has 2 N–H and O–H groups in total. The summed E-state index contributed by atoms with van der Waals surface area (Å²) in [4.78, 5) is 37.6. The van der Waals surface area contributed by atoms with Gasteiger partial charge in [-0.15, -0.1) is 11.3 Å². The van der Waals surface area contributed by atoms with Gasteiger partial charge in [0.25, 0.3) is 5.92 Å². The number of rotatable bonds is 10. The first-order chi connectivity index (χ1) is 20.0. The van der Waals surface area contributed by atoms with Crippen LogP contribution in [0.1, 0.15) is 42.4 Å². The highest BCUT2D eigenvalue weighted by molar-refractivity contribution is 7.11. The summed E-state index contributed by atoms with van der Waals surface area (Å²) in [6.45, 7) is 5.14. The van der Waals surface area contributed by atoms with E-state index in [0.29, 0.717) is 34.1 Å². The van der Waals surface area contributed by atoms with E-state index in [-0.39, 0.29) is 38.4 Å². The van der Waals surface area contributed by atoms with Crippen molar-refractivity contribution in [1.82, 2.24) is 20.1 Å². The van der Waals surface area contributed by atoms with E-state index in [1.54, 1.807) is 54.3 Å². The molecule has 2 aromatic rings. The molecule has 3 aliphatic rings. The van der Waals surface area contributed by atoms with E-state index in [0.717, 1.165) is 0 Å². The number of aromatic nitrogens is 1. The van der Waals surface area contributed by atoms with Crippen molar-refractivity contribution in [3.05, 3.63) is 63.0 Å². The molecule has 2 fully saturated rings. The molecule has 13 heteroatoms. The van der Waals surface area contributed by atoms with Crippen LogP contribution >= 0.6 is 11.3 Å². The van der Waals surface area contributed by atoms with E-state index in [2.05, 4.69) is 10.3 Å². The van der Waals surface area contributed by atoms with Gasteiger partial charge in [-0.25, -0.2) is 22.9 Å². The highest BCUT2D eigenvalue weighted by atomic mass is 32.1. The van der Waals surface area contributed by atoms with Crippen molar-refractivity contribution in [3.63, 3.8) is 0 Å². The Labute approximate surface area is 246 Å². The van der Waals surface area contributed by atoms with Gasteiger partial charge in [0.2, 0.25) is 0 Å². The molecule has 4 heterocycles. The number of esters is 1. The molecule has 0 amide bonds. The van der Waals surface area contributed by atoms with Crippen LogP contribution in [0.2, 0.25) is 0 Å². The van der Waals surface area contributed by atoms with Gasteiger partial charge in [-0.1, -0.05) is 19.1 Å². The highest BCUT2D eigenvalue weighted by Gasteiger charge is 2.58. The number of alkyl halides is 2. The number of likely N-dealkylation sites (tertiary alicyclic amines) is 2. The van der Waals surface area contributed by atoms with E-state index in [1.807, 2.05) is 0 Å². The highest BCUT2D eigenvalue weighted by Crippen LogP contribution is 2.43. The summed E-state index contributed by atoms with van der Waals surface area (Å²) in [6.07, 6.45) is 2.01. The minimum atomic E-state index is -3.01. The average Bonchev–Trinajstić information content (AvgIpc) is 3.67. The summed E-state index contributed by atoms with van der Waals surface area (Å²) in [6, 6.07) is 3.05. The molecule has 4 atom stereocenters. The van der Waals surface area contributed by atoms with Crippen molar-refractivity contribution in [1.29, 1.82) is 0 Å². The van der Waals surface area contributed by atoms with Gasteiger partial charge < -0.3 is 20.1 Å². The molecular weight excluding hydrogens is 571 g/mol. The zero-order chi connectivity index (χ0) is 30.2. The fourth-order valence-corrected chi connectivity index (χ4v) is 6.73. The van der Waals surface area contributed by atoms with Gasteiger partial charge in [0.05, 0.1) is 30.6 Å². The first kappa shape index (κ1) is 30.2. The number of halogens is 3. The second-order valence-corrected chi connectivity index (χ2v) is 11.8. The summed E-state index contributed by atoms with van der Waals surface area (Å²) in [7, 11) is 0.